The Hall–Kier alpha value is -1.36. The Morgan fingerprint density at radius 2 is 1.80 bits per heavy atom. The highest BCUT2D eigenvalue weighted by Crippen LogP contribution is 2.29. The number of nitrogens with one attached hydrogen (secondary N) is 1. The quantitative estimate of drug-likeness (QED) is 0.512. The van der Waals surface area contributed by atoms with E-state index in [0.29, 0.717) is 5.56 Å². The molecule has 0 bridgehead atoms. The Morgan fingerprint density at radius 3 is 2.30 bits per heavy atom. The molecule has 2 rings (SSSR count). The van der Waals surface area contributed by atoms with Crippen LogP contribution in [0, 0.1) is 19.7 Å². The molecule has 1 unspecified atom stereocenters. The largest absolute Gasteiger partial charge is 0.271 e. The van der Waals surface area contributed by atoms with Crippen LogP contribution in [0.5, 0.6) is 0 Å². The maximum atomic E-state index is 14.3. The molecule has 20 heavy (non-hydrogen) atoms. The van der Waals surface area contributed by atoms with Crippen molar-refractivity contribution in [1.82, 2.24) is 5.43 Å². The lowest BCUT2D eigenvalue weighted by molar-refractivity contribution is 0.556. The molecule has 3 N–H and O–H groups in total. The number of rotatable bonds is 4. The second-order valence-corrected chi connectivity index (χ2v) is 5.73. The predicted octanol–water partition coefficient (Wildman–Crippen LogP) is 3.72. The Balaban J connectivity index is 2.46. The van der Waals surface area contributed by atoms with Gasteiger partial charge in [-0.2, -0.15) is 0 Å². The third kappa shape index (κ3) is 3.03. The van der Waals surface area contributed by atoms with E-state index in [-0.39, 0.29) is 11.9 Å². The first kappa shape index (κ1) is 15.0. The van der Waals surface area contributed by atoms with Crippen molar-refractivity contribution in [1.29, 1.82) is 0 Å². The van der Waals surface area contributed by atoms with E-state index in [1.54, 1.807) is 17.8 Å². The molecule has 0 radical (unpaired) electrons. The third-order valence-electron chi connectivity index (χ3n) is 3.39. The van der Waals surface area contributed by atoms with Gasteiger partial charge in [0, 0.05) is 10.5 Å². The summed E-state index contributed by atoms with van der Waals surface area (Å²) in [5, 5.41) is 0. The summed E-state index contributed by atoms with van der Waals surface area (Å²) in [5.41, 5.74) is 6.10. The normalized spacial score (nSPS) is 12.4. The summed E-state index contributed by atoms with van der Waals surface area (Å²) in [5.74, 6) is 5.44. The summed E-state index contributed by atoms with van der Waals surface area (Å²) in [4.78, 5) is 1.17. The van der Waals surface area contributed by atoms with Gasteiger partial charge in [0.05, 0.1) is 6.04 Å². The monoisotopic (exact) mass is 290 g/mol. The van der Waals surface area contributed by atoms with Gasteiger partial charge >= 0.3 is 0 Å². The SMILES string of the molecule is CSc1ccc(C(NN)c2c(C)cc(C)cc2F)cc1. The molecule has 0 spiro atoms. The second-order valence-electron chi connectivity index (χ2n) is 4.85. The Bertz CT molecular complexity index is 573. The van der Waals surface area contributed by atoms with Crippen LogP contribution < -0.4 is 11.3 Å². The Kier molecular flexibility index (Phi) is 4.81. The van der Waals surface area contributed by atoms with Crippen LogP contribution in [0.3, 0.4) is 0 Å². The number of hydrogen-bond acceptors (Lipinski definition) is 3. The lowest BCUT2D eigenvalue weighted by Crippen LogP contribution is -2.30. The van der Waals surface area contributed by atoms with Crippen LogP contribution >= 0.6 is 11.8 Å². The zero-order valence-corrected chi connectivity index (χ0v) is 12.7. The van der Waals surface area contributed by atoms with Gasteiger partial charge in [0.15, 0.2) is 0 Å². The van der Waals surface area contributed by atoms with Crippen LogP contribution in [-0.4, -0.2) is 6.26 Å². The number of hydrazine groups is 1. The number of hydrogen-bond donors (Lipinski definition) is 2. The van der Waals surface area contributed by atoms with Crippen molar-refractivity contribution >= 4 is 11.8 Å². The Labute approximate surface area is 123 Å². The zero-order valence-electron chi connectivity index (χ0n) is 11.9. The predicted molar refractivity (Wildman–Crippen MR) is 83.3 cm³/mol. The summed E-state index contributed by atoms with van der Waals surface area (Å²) in [6.07, 6.45) is 2.03. The van der Waals surface area contributed by atoms with Crippen LogP contribution in [0.15, 0.2) is 41.3 Å². The summed E-state index contributed by atoms with van der Waals surface area (Å²) in [6.45, 7) is 3.80. The molecule has 0 saturated carbocycles. The molecule has 0 aromatic heterocycles. The van der Waals surface area contributed by atoms with E-state index in [4.69, 9.17) is 5.84 Å². The molecule has 0 amide bonds. The third-order valence-corrected chi connectivity index (χ3v) is 4.13. The number of benzene rings is 2. The minimum Gasteiger partial charge on any atom is -0.271 e. The summed E-state index contributed by atoms with van der Waals surface area (Å²) >= 11 is 1.68. The summed E-state index contributed by atoms with van der Waals surface area (Å²) in [6, 6.07) is 11.2. The van der Waals surface area contributed by atoms with Crippen LogP contribution in [0.25, 0.3) is 0 Å². The first-order valence-electron chi connectivity index (χ1n) is 6.43. The maximum absolute atomic E-state index is 14.3. The smallest absolute Gasteiger partial charge is 0.128 e. The fourth-order valence-corrected chi connectivity index (χ4v) is 2.84. The first-order chi connectivity index (χ1) is 9.56. The van der Waals surface area contributed by atoms with Gasteiger partial charge in [0.2, 0.25) is 0 Å². The fraction of sp³-hybridized carbons (Fsp3) is 0.250. The number of nitrogens with two attached hydrogens (primary N) is 1. The van der Waals surface area contributed by atoms with Crippen LogP contribution in [0.2, 0.25) is 0 Å². The topological polar surface area (TPSA) is 38.0 Å². The Morgan fingerprint density at radius 1 is 1.15 bits per heavy atom. The van der Waals surface area contributed by atoms with E-state index in [0.717, 1.165) is 16.7 Å². The molecule has 4 heteroatoms. The molecule has 1 atom stereocenters. The minimum atomic E-state index is -0.341. The highest BCUT2D eigenvalue weighted by atomic mass is 32.2. The van der Waals surface area contributed by atoms with Gasteiger partial charge in [-0.3, -0.25) is 5.84 Å². The molecular weight excluding hydrogens is 271 g/mol. The molecule has 0 saturated heterocycles. The van der Waals surface area contributed by atoms with E-state index in [1.807, 2.05) is 50.4 Å². The van der Waals surface area contributed by atoms with E-state index in [1.165, 1.54) is 4.90 Å². The van der Waals surface area contributed by atoms with Gasteiger partial charge in [-0.1, -0.05) is 18.2 Å². The van der Waals surface area contributed by atoms with E-state index in [2.05, 4.69) is 5.43 Å². The van der Waals surface area contributed by atoms with Crippen molar-refractivity contribution in [2.45, 2.75) is 24.8 Å². The lowest BCUT2D eigenvalue weighted by atomic mass is 9.94. The van der Waals surface area contributed by atoms with Crippen LogP contribution in [-0.2, 0) is 0 Å². The molecular formula is C16H19FN2S. The summed E-state index contributed by atoms with van der Waals surface area (Å²) in [7, 11) is 0. The molecule has 0 aliphatic rings. The molecule has 2 aromatic rings. The fourth-order valence-electron chi connectivity index (χ4n) is 2.44. The van der Waals surface area contributed by atoms with E-state index in [9.17, 15) is 4.39 Å². The zero-order chi connectivity index (χ0) is 14.7. The van der Waals surface area contributed by atoms with E-state index >= 15 is 0 Å². The second kappa shape index (κ2) is 6.39. The van der Waals surface area contributed by atoms with Crippen LogP contribution in [0.1, 0.15) is 28.3 Å². The minimum absolute atomic E-state index is 0.223. The maximum Gasteiger partial charge on any atom is 0.128 e. The standard InChI is InChI=1S/C16H19FN2S/c1-10-8-11(2)15(14(17)9-10)16(19-18)12-4-6-13(20-3)7-5-12/h4-9,16,19H,18H2,1-3H3. The number of halogens is 1. The van der Waals surface area contributed by atoms with Crippen molar-refractivity contribution in [2.24, 2.45) is 5.84 Å². The van der Waals surface area contributed by atoms with Crippen molar-refractivity contribution in [3.8, 4) is 0 Å². The van der Waals surface area contributed by atoms with Crippen molar-refractivity contribution in [2.75, 3.05) is 6.26 Å². The van der Waals surface area contributed by atoms with Gasteiger partial charge in [0.1, 0.15) is 5.82 Å². The first-order valence-corrected chi connectivity index (χ1v) is 7.66. The molecule has 2 aromatic carbocycles. The van der Waals surface area contributed by atoms with Crippen molar-refractivity contribution < 1.29 is 4.39 Å². The highest BCUT2D eigenvalue weighted by Gasteiger charge is 2.19. The van der Waals surface area contributed by atoms with Crippen molar-refractivity contribution in [3.63, 3.8) is 0 Å². The molecule has 0 aliphatic carbocycles. The van der Waals surface area contributed by atoms with Gasteiger partial charge in [-0.25, -0.2) is 9.82 Å². The highest BCUT2D eigenvalue weighted by molar-refractivity contribution is 7.98. The average Bonchev–Trinajstić information content (AvgIpc) is 2.43. The van der Waals surface area contributed by atoms with Crippen molar-refractivity contribution in [3.05, 3.63) is 64.5 Å². The lowest BCUT2D eigenvalue weighted by Gasteiger charge is -2.20. The van der Waals surface area contributed by atoms with Gasteiger partial charge < -0.3 is 0 Å². The average molecular weight is 290 g/mol. The number of thioether (sulfide) groups is 1. The molecule has 2 nitrogen and oxygen atoms in total. The van der Waals surface area contributed by atoms with E-state index < -0.39 is 0 Å². The van der Waals surface area contributed by atoms with Gasteiger partial charge in [-0.15, -0.1) is 11.8 Å². The molecule has 0 fully saturated rings. The van der Waals surface area contributed by atoms with Gasteiger partial charge in [0.25, 0.3) is 0 Å². The van der Waals surface area contributed by atoms with Crippen LogP contribution in [0.4, 0.5) is 4.39 Å². The summed E-state index contributed by atoms with van der Waals surface area (Å²) < 4.78 is 14.3. The molecule has 0 heterocycles. The number of aryl methyl sites for hydroxylation is 2. The molecule has 106 valence electrons. The van der Waals surface area contributed by atoms with Gasteiger partial charge in [-0.05, 0) is 55.0 Å². The molecule has 0 aliphatic heterocycles.